The van der Waals surface area contributed by atoms with Crippen LogP contribution in [0.15, 0.2) is 30.5 Å². The summed E-state index contributed by atoms with van der Waals surface area (Å²) in [6.07, 6.45) is -0.0108. The molecular formula is C19H22FIN4O2. The van der Waals surface area contributed by atoms with Gasteiger partial charge in [-0.05, 0) is 53.8 Å². The molecule has 3 heterocycles. The lowest BCUT2D eigenvalue weighted by Gasteiger charge is -2.38. The molecule has 2 aromatic rings. The number of rotatable bonds is 3. The first-order valence-corrected chi connectivity index (χ1v) is 10.2. The highest BCUT2D eigenvalue weighted by Crippen LogP contribution is 2.31. The molecular weight excluding hydrogens is 462 g/mol. The number of aromatic nitrogens is 1. The Morgan fingerprint density at radius 3 is 3.00 bits per heavy atom. The largest absolute Gasteiger partial charge is 0.365 e. The van der Waals surface area contributed by atoms with Gasteiger partial charge in [0, 0.05) is 40.5 Å². The molecule has 0 aliphatic carbocycles. The molecule has 2 N–H and O–H groups in total. The Morgan fingerprint density at radius 2 is 2.22 bits per heavy atom. The van der Waals surface area contributed by atoms with Crippen LogP contribution in [0.5, 0.6) is 0 Å². The molecule has 1 amide bonds. The number of alkyl halides is 1. The van der Waals surface area contributed by atoms with E-state index >= 15 is 0 Å². The molecule has 6 nitrogen and oxygen atoms in total. The zero-order valence-electron chi connectivity index (χ0n) is 15.0. The average Bonchev–Trinajstić information content (AvgIpc) is 3.06. The second kappa shape index (κ2) is 7.84. The number of morpholine rings is 1. The van der Waals surface area contributed by atoms with Gasteiger partial charge in [-0.15, -0.1) is 0 Å². The number of amides is 1. The Kier molecular flexibility index (Phi) is 5.47. The van der Waals surface area contributed by atoms with Crippen molar-refractivity contribution in [3.63, 3.8) is 0 Å². The van der Waals surface area contributed by atoms with Crippen LogP contribution in [0.25, 0.3) is 10.9 Å². The molecule has 0 saturated carbocycles. The molecule has 0 bridgehead atoms. The third-order valence-electron chi connectivity index (χ3n) is 5.06. The summed E-state index contributed by atoms with van der Waals surface area (Å²) in [4.78, 5) is 19.3. The van der Waals surface area contributed by atoms with E-state index in [9.17, 15) is 9.18 Å². The van der Waals surface area contributed by atoms with Crippen molar-refractivity contribution in [2.24, 2.45) is 0 Å². The summed E-state index contributed by atoms with van der Waals surface area (Å²) >= 11 is 2.28. The van der Waals surface area contributed by atoms with E-state index in [0.29, 0.717) is 19.6 Å². The predicted molar refractivity (Wildman–Crippen MR) is 111 cm³/mol. The normalized spacial score (nSPS) is 28.5. The van der Waals surface area contributed by atoms with Crippen LogP contribution in [0.3, 0.4) is 0 Å². The van der Waals surface area contributed by atoms with E-state index in [4.69, 9.17) is 4.74 Å². The zero-order chi connectivity index (χ0) is 19.0. The highest BCUT2D eigenvalue weighted by molar-refractivity contribution is 14.1. The fourth-order valence-electron chi connectivity index (χ4n) is 3.76. The molecule has 1 aromatic heterocycles. The zero-order valence-corrected chi connectivity index (χ0v) is 17.1. The molecule has 0 radical (unpaired) electrons. The molecule has 27 heavy (non-hydrogen) atoms. The lowest BCUT2D eigenvalue weighted by atomic mass is 10.1. The van der Waals surface area contributed by atoms with Crippen LogP contribution in [-0.4, -0.2) is 61.5 Å². The minimum Gasteiger partial charge on any atom is -0.365 e. The Balaban J connectivity index is 1.56. The number of halogens is 2. The number of benzene rings is 1. The van der Waals surface area contributed by atoms with Gasteiger partial charge in [0.25, 0.3) is 5.91 Å². The number of fused-ring (bicyclic) bond motifs is 1. The summed E-state index contributed by atoms with van der Waals surface area (Å²) in [7, 11) is 0. The van der Waals surface area contributed by atoms with E-state index in [2.05, 4.69) is 49.2 Å². The molecule has 4 unspecified atom stereocenters. The summed E-state index contributed by atoms with van der Waals surface area (Å²) in [6, 6.07) is 7.59. The number of hydrogen-bond donors (Lipinski definition) is 2. The van der Waals surface area contributed by atoms with E-state index in [1.165, 1.54) is 0 Å². The maximum absolute atomic E-state index is 13.8. The molecule has 2 aliphatic heterocycles. The summed E-state index contributed by atoms with van der Waals surface area (Å²) in [5, 5.41) is 6.80. The smallest absolute Gasteiger partial charge is 0.251 e. The molecule has 2 aliphatic rings. The molecule has 144 valence electrons. The Hall–Kier alpha value is -1.52. The van der Waals surface area contributed by atoms with Crippen LogP contribution in [0, 0.1) is 3.57 Å². The fourth-order valence-corrected chi connectivity index (χ4v) is 4.37. The topological polar surface area (TPSA) is 66.5 Å². The van der Waals surface area contributed by atoms with Crippen molar-refractivity contribution in [1.82, 2.24) is 15.6 Å². The second-order valence-electron chi connectivity index (χ2n) is 7.10. The van der Waals surface area contributed by atoms with Crippen LogP contribution < -0.4 is 15.5 Å². The van der Waals surface area contributed by atoms with Crippen LogP contribution in [0.1, 0.15) is 6.92 Å². The fraction of sp³-hybridized carbons (Fsp3) is 0.474. The lowest BCUT2D eigenvalue weighted by Crippen LogP contribution is -2.55. The van der Waals surface area contributed by atoms with Crippen molar-refractivity contribution < 1.29 is 13.9 Å². The summed E-state index contributed by atoms with van der Waals surface area (Å²) < 4.78 is 20.8. The van der Waals surface area contributed by atoms with E-state index in [0.717, 1.165) is 20.2 Å². The van der Waals surface area contributed by atoms with Crippen LogP contribution in [-0.2, 0) is 9.53 Å². The molecule has 1 aromatic carbocycles. The summed E-state index contributed by atoms with van der Waals surface area (Å²) in [5.74, 6) is -0.254. The van der Waals surface area contributed by atoms with Gasteiger partial charge in [0.1, 0.15) is 6.17 Å². The van der Waals surface area contributed by atoms with Crippen LogP contribution >= 0.6 is 22.6 Å². The quantitative estimate of drug-likeness (QED) is 0.652. The molecule has 2 saturated heterocycles. The number of hydrogen-bond acceptors (Lipinski definition) is 5. The standard InChI is InChI=1S/C19H22FIN4O2/c1-11-9-25(16-5-4-14(21)18-12(16)3-2-6-23-18)10-17(27-11)19(26)24-15-8-22-7-13(15)20/h2-6,11,13,15,17,22H,7-10H2,1H3,(H,24,26). The summed E-state index contributed by atoms with van der Waals surface area (Å²) in [6.45, 7) is 3.80. The highest BCUT2D eigenvalue weighted by atomic mass is 127. The number of carbonyl (C=O) groups is 1. The van der Waals surface area contributed by atoms with Gasteiger partial charge in [-0.2, -0.15) is 0 Å². The van der Waals surface area contributed by atoms with Crippen molar-refractivity contribution in [2.75, 3.05) is 31.1 Å². The van der Waals surface area contributed by atoms with Crippen molar-refractivity contribution in [1.29, 1.82) is 0 Å². The van der Waals surface area contributed by atoms with Crippen molar-refractivity contribution in [3.8, 4) is 0 Å². The van der Waals surface area contributed by atoms with E-state index in [1.807, 2.05) is 25.1 Å². The molecule has 4 atom stereocenters. The average molecular weight is 484 g/mol. The van der Waals surface area contributed by atoms with E-state index in [-0.39, 0.29) is 18.6 Å². The van der Waals surface area contributed by atoms with E-state index < -0.39 is 18.3 Å². The van der Waals surface area contributed by atoms with Gasteiger partial charge >= 0.3 is 0 Å². The molecule has 2 fully saturated rings. The van der Waals surface area contributed by atoms with Gasteiger partial charge in [0.2, 0.25) is 0 Å². The van der Waals surface area contributed by atoms with Gasteiger partial charge < -0.3 is 20.3 Å². The maximum Gasteiger partial charge on any atom is 0.251 e. The maximum atomic E-state index is 13.8. The molecule has 8 heteroatoms. The van der Waals surface area contributed by atoms with Gasteiger partial charge in [-0.25, -0.2) is 4.39 Å². The van der Waals surface area contributed by atoms with Gasteiger partial charge in [0.15, 0.2) is 6.10 Å². The van der Waals surface area contributed by atoms with Crippen LogP contribution in [0.2, 0.25) is 0 Å². The van der Waals surface area contributed by atoms with Crippen molar-refractivity contribution in [2.45, 2.75) is 31.3 Å². The van der Waals surface area contributed by atoms with Gasteiger partial charge in [-0.1, -0.05) is 0 Å². The minimum atomic E-state index is -1.06. The lowest BCUT2D eigenvalue weighted by molar-refractivity contribution is -0.138. The monoisotopic (exact) mass is 484 g/mol. The first-order chi connectivity index (χ1) is 13.0. The third-order valence-corrected chi connectivity index (χ3v) is 5.93. The first kappa shape index (κ1) is 18.8. The Bertz CT molecular complexity index is 852. The third kappa shape index (κ3) is 3.88. The number of carbonyl (C=O) groups excluding carboxylic acids is 1. The Morgan fingerprint density at radius 1 is 1.37 bits per heavy atom. The summed E-state index contributed by atoms with van der Waals surface area (Å²) in [5.41, 5.74) is 1.99. The SMILES string of the molecule is CC1CN(c2ccc(I)c3ncccc23)CC(C(=O)NC2CNCC2F)O1. The molecule has 0 spiro atoms. The minimum absolute atomic E-state index is 0.108. The van der Waals surface area contributed by atoms with Gasteiger partial charge in [0.05, 0.1) is 24.2 Å². The van der Waals surface area contributed by atoms with E-state index in [1.54, 1.807) is 6.20 Å². The highest BCUT2D eigenvalue weighted by Gasteiger charge is 2.35. The number of pyridine rings is 1. The number of anilines is 1. The number of ether oxygens (including phenoxy) is 1. The second-order valence-corrected chi connectivity index (χ2v) is 8.26. The number of nitrogens with one attached hydrogen (secondary N) is 2. The predicted octanol–water partition coefficient (Wildman–Crippen LogP) is 1.86. The first-order valence-electron chi connectivity index (χ1n) is 9.11. The van der Waals surface area contributed by atoms with Gasteiger partial charge in [-0.3, -0.25) is 9.78 Å². The molecule has 4 rings (SSSR count). The van der Waals surface area contributed by atoms with Crippen molar-refractivity contribution >= 4 is 45.1 Å². The Labute approximate surface area is 171 Å². The van der Waals surface area contributed by atoms with Crippen molar-refractivity contribution in [3.05, 3.63) is 34.0 Å². The van der Waals surface area contributed by atoms with Crippen LogP contribution in [0.4, 0.5) is 10.1 Å². The number of nitrogens with zero attached hydrogens (tertiary/aromatic N) is 2.